The molecule has 0 radical (unpaired) electrons. The van der Waals surface area contributed by atoms with Gasteiger partial charge in [-0.15, -0.1) is 24.0 Å². The van der Waals surface area contributed by atoms with Gasteiger partial charge >= 0.3 is 0 Å². The Morgan fingerprint density at radius 1 is 1.10 bits per heavy atom. The van der Waals surface area contributed by atoms with Gasteiger partial charge in [0.25, 0.3) is 0 Å². The van der Waals surface area contributed by atoms with E-state index in [4.69, 9.17) is 4.74 Å². The highest BCUT2D eigenvalue weighted by Crippen LogP contribution is 2.34. The molecule has 168 valence electrons. The van der Waals surface area contributed by atoms with Crippen molar-refractivity contribution in [3.8, 4) is 0 Å². The minimum Gasteiger partial charge on any atom is -0.381 e. The fourth-order valence-corrected chi connectivity index (χ4v) is 4.40. The van der Waals surface area contributed by atoms with Crippen LogP contribution in [0.3, 0.4) is 0 Å². The fourth-order valence-electron chi connectivity index (χ4n) is 4.40. The summed E-state index contributed by atoms with van der Waals surface area (Å²) in [4.78, 5) is 13.6. The molecule has 1 aromatic carbocycles. The van der Waals surface area contributed by atoms with Crippen LogP contribution < -0.4 is 10.2 Å². The molecular formula is C23H31FIN5O. The predicted molar refractivity (Wildman–Crippen MR) is 133 cm³/mol. The minimum atomic E-state index is -0.199. The molecule has 0 unspecified atom stereocenters. The van der Waals surface area contributed by atoms with E-state index in [2.05, 4.69) is 31.2 Å². The summed E-state index contributed by atoms with van der Waals surface area (Å²) in [5.41, 5.74) is 1.09. The van der Waals surface area contributed by atoms with Gasteiger partial charge < -0.3 is 19.9 Å². The summed E-state index contributed by atoms with van der Waals surface area (Å²) in [6.45, 7) is 5.81. The molecule has 0 spiro atoms. The predicted octanol–water partition coefficient (Wildman–Crippen LogP) is 3.28. The Bertz CT molecular complexity index is 835. The first kappa shape index (κ1) is 23.7. The second-order valence-corrected chi connectivity index (χ2v) is 7.96. The molecule has 3 heterocycles. The third-order valence-corrected chi connectivity index (χ3v) is 6.26. The second-order valence-electron chi connectivity index (χ2n) is 7.96. The average molecular weight is 539 g/mol. The molecule has 4 rings (SSSR count). The molecule has 2 aromatic rings. The first-order chi connectivity index (χ1) is 14.7. The van der Waals surface area contributed by atoms with Crippen molar-refractivity contribution in [1.82, 2.24) is 15.2 Å². The van der Waals surface area contributed by atoms with E-state index in [0.29, 0.717) is 0 Å². The number of halogens is 2. The van der Waals surface area contributed by atoms with Gasteiger partial charge in [-0.3, -0.25) is 4.99 Å². The summed E-state index contributed by atoms with van der Waals surface area (Å²) in [6, 6.07) is 13.0. The van der Waals surface area contributed by atoms with E-state index < -0.39 is 0 Å². The van der Waals surface area contributed by atoms with Crippen LogP contribution in [0.15, 0.2) is 53.7 Å². The molecule has 8 heteroatoms. The monoisotopic (exact) mass is 539 g/mol. The zero-order chi connectivity index (χ0) is 20.8. The van der Waals surface area contributed by atoms with Crippen LogP contribution in [0.4, 0.5) is 10.2 Å². The van der Waals surface area contributed by atoms with Gasteiger partial charge in [0.1, 0.15) is 11.6 Å². The SMILES string of the molecule is CN=C(NCC1(c2ccc(F)cc2)CCOCC1)N1CCN(c2ccccn2)CC1.I. The van der Waals surface area contributed by atoms with Crippen LogP contribution in [0.25, 0.3) is 0 Å². The normalized spacial score (nSPS) is 19.0. The van der Waals surface area contributed by atoms with Crippen molar-refractivity contribution >= 4 is 35.8 Å². The van der Waals surface area contributed by atoms with Gasteiger partial charge in [0, 0.05) is 64.6 Å². The number of hydrogen-bond acceptors (Lipinski definition) is 4. The molecule has 31 heavy (non-hydrogen) atoms. The molecule has 6 nitrogen and oxygen atoms in total. The maximum absolute atomic E-state index is 13.5. The average Bonchev–Trinajstić information content (AvgIpc) is 2.81. The van der Waals surface area contributed by atoms with Crippen LogP contribution in [0.1, 0.15) is 18.4 Å². The smallest absolute Gasteiger partial charge is 0.193 e. The lowest BCUT2D eigenvalue weighted by atomic mass is 9.74. The lowest BCUT2D eigenvalue weighted by Gasteiger charge is -2.41. The Morgan fingerprint density at radius 2 is 1.81 bits per heavy atom. The Labute approximate surface area is 200 Å². The molecule has 0 saturated carbocycles. The van der Waals surface area contributed by atoms with Crippen molar-refractivity contribution in [2.75, 3.05) is 57.9 Å². The highest BCUT2D eigenvalue weighted by molar-refractivity contribution is 14.0. The Balaban J connectivity index is 0.00000272. The second kappa shape index (κ2) is 11.1. The van der Waals surface area contributed by atoms with Crippen molar-refractivity contribution in [3.63, 3.8) is 0 Å². The van der Waals surface area contributed by atoms with Crippen LogP contribution in [0, 0.1) is 5.82 Å². The fraction of sp³-hybridized carbons (Fsp3) is 0.478. The summed E-state index contributed by atoms with van der Waals surface area (Å²) in [5.74, 6) is 1.75. The number of aromatic nitrogens is 1. The van der Waals surface area contributed by atoms with E-state index in [0.717, 1.165) is 76.1 Å². The number of guanidine groups is 1. The number of pyridine rings is 1. The van der Waals surface area contributed by atoms with Gasteiger partial charge in [-0.25, -0.2) is 9.37 Å². The molecular weight excluding hydrogens is 508 g/mol. The van der Waals surface area contributed by atoms with Crippen molar-refractivity contribution < 1.29 is 9.13 Å². The maximum atomic E-state index is 13.5. The number of aliphatic imine (C=N–C) groups is 1. The zero-order valence-electron chi connectivity index (χ0n) is 18.0. The van der Waals surface area contributed by atoms with Crippen LogP contribution in [-0.4, -0.2) is 68.8 Å². The summed E-state index contributed by atoms with van der Waals surface area (Å²) in [6.07, 6.45) is 3.66. The molecule has 0 aliphatic carbocycles. The number of rotatable bonds is 4. The molecule has 2 fully saturated rings. The number of hydrogen-bond donors (Lipinski definition) is 1. The minimum absolute atomic E-state index is 0. The zero-order valence-corrected chi connectivity index (χ0v) is 20.3. The van der Waals surface area contributed by atoms with E-state index in [1.807, 2.05) is 37.5 Å². The standard InChI is InChI=1S/C23H30FN5O.HI/c1-25-22(29-14-12-28(13-15-29)21-4-2-3-11-26-21)27-18-23(9-16-30-17-10-23)19-5-7-20(24)8-6-19;/h2-8,11H,9-10,12-18H2,1H3,(H,25,27);1H. The third kappa shape index (κ3) is 5.65. The summed E-state index contributed by atoms with van der Waals surface area (Å²) < 4.78 is 19.1. The highest BCUT2D eigenvalue weighted by atomic mass is 127. The van der Waals surface area contributed by atoms with Gasteiger partial charge in [-0.2, -0.15) is 0 Å². The molecule has 1 N–H and O–H groups in total. The van der Waals surface area contributed by atoms with E-state index in [-0.39, 0.29) is 35.2 Å². The number of nitrogens with one attached hydrogen (secondary N) is 1. The van der Waals surface area contributed by atoms with Crippen LogP contribution in [-0.2, 0) is 10.2 Å². The quantitative estimate of drug-likeness (QED) is 0.368. The first-order valence-corrected chi connectivity index (χ1v) is 10.7. The number of benzene rings is 1. The molecule has 2 aliphatic heterocycles. The lowest BCUT2D eigenvalue weighted by Crippen LogP contribution is -2.55. The third-order valence-electron chi connectivity index (χ3n) is 6.26. The van der Waals surface area contributed by atoms with Gasteiger partial charge in [-0.1, -0.05) is 18.2 Å². The molecule has 0 atom stereocenters. The molecule has 2 aliphatic rings. The van der Waals surface area contributed by atoms with E-state index in [1.165, 1.54) is 0 Å². The van der Waals surface area contributed by atoms with Gasteiger partial charge in [0.15, 0.2) is 5.96 Å². The molecule has 2 saturated heterocycles. The lowest BCUT2D eigenvalue weighted by molar-refractivity contribution is 0.0511. The highest BCUT2D eigenvalue weighted by Gasteiger charge is 2.35. The number of anilines is 1. The summed E-state index contributed by atoms with van der Waals surface area (Å²) in [5, 5.41) is 3.61. The van der Waals surface area contributed by atoms with Gasteiger partial charge in [0.05, 0.1) is 0 Å². The van der Waals surface area contributed by atoms with Crippen molar-refractivity contribution in [1.29, 1.82) is 0 Å². The largest absolute Gasteiger partial charge is 0.381 e. The Morgan fingerprint density at radius 3 is 2.42 bits per heavy atom. The Kier molecular flexibility index (Phi) is 8.48. The van der Waals surface area contributed by atoms with Gasteiger partial charge in [0.2, 0.25) is 0 Å². The molecule has 0 amide bonds. The van der Waals surface area contributed by atoms with Gasteiger partial charge in [-0.05, 0) is 42.7 Å². The van der Waals surface area contributed by atoms with E-state index in [9.17, 15) is 4.39 Å². The van der Waals surface area contributed by atoms with Crippen molar-refractivity contribution in [2.45, 2.75) is 18.3 Å². The topological polar surface area (TPSA) is 53.0 Å². The molecule has 0 bridgehead atoms. The number of nitrogens with zero attached hydrogens (tertiary/aromatic N) is 4. The van der Waals surface area contributed by atoms with Crippen LogP contribution in [0.2, 0.25) is 0 Å². The molecule has 1 aromatic heterocycles. The van der Waals surface area contributed by atoms with E-state index in [1.54, 1.807) is 12.1 Å². The van der Waals surface area contributed by atoms with E-state index >= 15 is 0 Å². The van der Waals surface area contributed by atoms with Crippen LogP contribution in [0.5, 0.6) is 0 Å². The number of ether oxygens (including phenoxy) is 1. The first-order valence-electron chi connectivity index (χ1n) is 10.7. The van der Waals surface area contributed by atoms with Crippen molar-refractivity contribution in [2.24, 2.45) is 4.99 Å². The summed E-state index contributed by atoms with van der Waals surface area (Å²) >= 11 is 0. The maximum Gasteiger partial charge on any atom is 0.193 e. The van der Waals surface area contributed by atoms with Crippen LogP contribution >= 0.6 is 24.0 Å². The van der Waals surface area contributed by atoms with Crippen molar-refractivity contribution in [3.05, 3.63) is 60.0 Å². The summed E-state index contributed by atoms with van der Waals surface area (Å²) in [7, 11) is 1.84. The Hall–Kier alpha value is -1.94. The number of piperazine rings is 1.